The van der Waals surface area contributed by atoms with Crippen LogP contribution in [-0.4, -0.2) is 46.8 Å². The molecule has 4 rings (SSSR count). The highest BCUT2D eigenvalue weighted by Crippen LogP contribution is 2.36. The molecule has 1 aliphatic heterocycles. The second-order valence-electron chi connectivity index (χ2n) is 6.58. The van der Waals surface area contributed by atoms with E-state index in [1.54, 1.807) is 19.2 Å². The lowest BCUT2D eigenvalue weighted by molar-refractivity contribution is 0.102. The summed E-state index contributed by atoms with van der Waals surface area (Å²) >= 11 is 1.23. The molecule has 0 saturated carbocycles. The first-order valence-electron chi connectivity index (χ1n) is 9.12. The predicted octanol–water partition coefficient (Wildman–Crippen LogP) is 3.51. The van der Waals surface area contributed by atoms with Crippen molar-refractivity contribution in [2.45, 2.75) is 25.6 Å². The van der Waals surface area contributed by atoms with Crippen LogP contribution in [0.2, 0.25) is 0 Å². The highest BCUT2D eigenvalue weighted by Gasteiger charge is 2.19. The van der Waals surface area contributed by atoms with Crippen molar-refractivity contribution in [1.29, 1.82) is 0 Å². The Morgan fingerprint density at radius 1 is 1.21 bits per heavy atom. The van der Waals surface area contributed by atoms with Crippen molar-refractivity contribution >= 4 is 17.5 Å². The van der Waals surface area contributed by atoms with E-state index >= 15 is 0 Å². The highest BCUT2D eigenvalue weighted by molar-refractivity contribution is 7.99. The molecular weight excluding hydrogens is 394 g/mol. The number of Topliss-reactive ketones (excluding diaryl/α,β-unsaturated/α-hetero) is 1. The molecule has 0 N–H and O–H groups in total. The van der Waals surface area contributed by atoms with Crippen molar-refractivity contribution in [2.75, 3.05) is 26.3 Å². The van der Waals surface area contributed by atoms with Gasteiger partial charge in [0.05, 0.1) is 12.4 Å². The average molecular weight is 415 g/mol. The number of ketones is 1. The molecule has 0 aliphatic carbocycles. The molecule has 3 heterocycles. The van der Waals surface area contributed by atoms with E-state index in [0.29, 0.717) is 34.8 Å². The van der Waals surface area contributed by atoms with Crippen LogP contribution in [0.15, 0.2) is 33.9 Å². The molecule has 2 aromatic heterocycles. The standard InChI is InChI=1S/C20H21N3O5S/c1-12-8-15(13(2)23(12)6-7-25-3)16(24)10-29-20-22-21-19(28-20)14-4-5-17-18(9-14)27-11-26-17/h4-5,8-9H,6-7,10-11H2,1-3H3. The molecule has 1 aliphatic rings. The molecular formula is C20H21N3O5S. The smallest absolute Gasteiger partial charge is 0.277 e. The number of carbonyl (C=O) groups excluding carboxylic acids is 1. The van der Waals surface area contributed by atoms with Gasteiger partial charge in [-0.2, -0.15) is 0 Å². The molecule has 0 atom stereocenters. The summed E-state index contributed by atoms with van der Waals surface area (Å²) in [5.41, 5.74) is 3.43. The third-order valence-electron chi connectivity index (χ3n) is 4.75. The van der Waals surface area contributed by atoms with Crippen molar-refractivity contribution in [3.63, 3.8) is 0 Å². The third kappa shape index (κ3) is 4.01. The SMILES string of the molecule is COCCn1c(C)cc(C(=O)CSc2nnc(-c3ccc4c(c3)OCO4)o2)c1C. The minimum absolute atomic E-state index is 0.0228. The van der Waals surface area contributed by atoms with Crippen LogP contribution in [0.1, 0.15) is 21.7 Å². The van der Waals surface area contributed by atoms with Crippen LogP contribution in [0.4, 0.5) is 0 Å². The Kier molecular flexibility index (Phi) is 5.59. The first-order valence-corrected chi connectivity index (χ1v) is 10.1. The number of thioether (sulfide) groups is 1. The minimum atomic E-state index is 0.0228. The van der Waals surface area contributed by atoms with Crippen molar-refractivity contribution in [1.82, 2.24) is 14.8 Å². The molecule has 0 spiro atoms. The lowest BCUT2D eigenvalue weighted by atomic mass is 10.2. The summed E-state index contributed by atoms with van der Waals surface area (Å²) in [4.78, 5) is 12.7. The van der Waals surface area contributed by atoms with Gasteiger partial charge in [0.2, 0.25) is 12.7 Å². The van der Waals surface area contributed by atoms with Crippen LogP contribution in [0.3, 0.4) is 0 Å². The summed E-state index contributed by atoms with van der Waals surface area (Å²) in [6.07, 6.45) is 0. The Morgan fingerprint density at radius 3 is 2.86 bits per heavy atom. The number of fused-ring (bicyclic) bond motifs is 1. The van der Waals surface area contributed by atoms with Gasteiger partial charge in [0.15, 0.2) is 17.3 Å². The topological polar surface area (TPSA) is 88.6 Å². The molecule has 3 aromatic rings. The van der Waals surface area contributed by atoms with Crippen LogP contribution in [0, 0.1) is 13.8 Å². The average Bonchev–Trinajstić information content (AvgIpc) is 3.44. The fourth-order valence-electron chi connectivity index (χ4n) is 3.23. The van der Waals surface area contributed by atoms with E-state index in [9.17, 15) is 4.79 Å². The lowest BCUT2D eigenvalue weighted by Crippen LogP contribution is -2.09. The van der Waals surface area contributed by atoms with Gasteiger partial charge in [-0.05, 0) is 38.1 Å². The molecule has 0 radical (unpaired) electrons. The second-order valence-corrected chi connectivity index (χ2v) is 7.51. The maximum Gasteiger partial charge on any atom is 0.277 e. The number of rotatable bonds is 8. The molecule has 9 heteroatoms. The van der Waals surface area contributed by atoms with Crippen LogP contribution in [0.25, 0.3) is 11.5 Å². The van der Waals surface area contributed by atoms with Gasteiger partial charge in [0.25, 0.3) is 5.22 Å². The fourth-order valence-corrected chi connectivity index (χ4v) is 3.88. The van der Waals surface area contributed by atoms with Crippen LogP contribution in [0.5, 0.6) is 11.5 Å². The number of benzene rings is 1. The summed E-state index contributed by atoms with van der Waals surface area (Å²) in [6, 6.07) is 7.34. The van der Waals surface area contributed by atoms with Gasteiger partial charge < -0.3 is 23.2 Å². The quantitative estimate of drug-likeness (QED) is 0.408. The van der Waals surface area contributed by atoms with Crippen molar-refractivity contribution < 1.29 is 23.4 Å². The number of nitrogens with zero attached hydrogens (tertiary/aromatic N) is 3. The summed E-state index contributed by atoms with van der Waals surface area (Å²) in [5, 5.41) is 8.45. The molecule has 29 heavy (non-hydrogen) atoms. The molecule has 0 unspecified atom stereocenters. The van der Waals surface area contributed by atoms with E-state index in [-0.39, 0.29) is 18.3 Å². The lowest BCUT2D eigenvalue weighted by Gasteiger charge is -2.08. The van der Waals surface area contributed by atoms with Gasteiger partial charge in [-0.15, -0.1) is 10.2 Å². The monoisotopic (exact) mass is 415 g/mol. The van der Waals surface area contributed by atoms with E-state index in [4.69, 9.17) is 18.6 Å². The minimum Gasteiger partial charge on any atom is -0.454 e. The Bertz CT molecular complexity index is 1040. The van der Waals surface area contributed by atoms with Gasteiger partial charge in [0.1, 0.15) is 0 Å². The summed E-state index contributed by atoms with van der Waals surface area (Å²) in [6.45, 7) is 5.46. The number of hydrogen-bond donors (Lipinski definition) is 0. The van der Waals surface area contributed by atoms with Crippen molar-refractivity contribution in [3.05, 3.63) is 41.2 Å². The molecule has 0 saturated heterocycles. The summed E-state index contributed by atoms with van der Waals surface area (Å²) < 4.78 is 23.6. The Hall–Kier alpha value is -2.78. The Morgan fingerprint density at radius 2 is 2.03 bits per heavy atom. The summed E-state index contributed by atoms with van der Waals surface area (Å²) in [5.74, 6) is 1.95. The Balaban J connectivity index is 1.42. The van der Waals surface area contributed by atoms with Crippen molar-refractivity contribution in [2.24, 2.45) is 0 Å². The third-order valence-corrected chi connectivity index (χ3v) is 5.56. The summed E-state index contributed by atoms with van der Waals surface area (Å²) in [7, 11) is 1.67. The maximum atomic E-state index is 12.7. The number of aryl methyl sites for hydroxylation is 1. The largest absolute Gasteiger partial charge is 0.454 e. The van der Waals surface area contributed by atoms with E-state index < -0.39 is 0 Å². The normalized spacial score (nSPS) is 12.5. The molecule has 0 bridgehead atoms. The number of carbonyl (C=O) groups is 1. The van der Waals surface area contributed by atoms with Crippen molar-refractivity contribution in [3.8, 4) is 23.0 Å². The number of hydrogen-bond acceptors (Lipinski definition) is 8. The van der Waals surface area contributed by atoms with Crippen LogP contribution < -0.4 is 9.47 Å². The van der Waals surface area contributed by atoms with Gasteiger partial charge in [-0.1, -0.05) is 11.8 Å². The fraction of sp³-hybridized carbons (Fsp3) is 0.350. The van der Waals surface area contributed by atoms with Gasteiger partial charge in [-0.3, -0.25) is 4.79 Å². The molecule has 0 fully saturated rings. The highest BCUT2D eigenvalue weighted by atomic mass is 32.2. The van der Waals surface area contributed by atoms with Gasteiger partial charge in [-0.25, -0.2) is 0 Å². The molecule has 8 nitrogen and oxygen atoms in total. The number of methoxy groups -OCH3 is 1. The van der Waals surface area contributed by atoms with Crippen LogP contribution in [-0.2, 0) is 11.3 Å². The van der Waals surface area contributed by atoms with E-state index in [1.165, 1.54) is 11.8 Å². The first-order chi connectivity index (χ1) is 14.1. The number of aromatic nitrogens is 3. The second kappa shape index (κ2) is 8.30. The van der Waals surface area contributed by atoms with Crippen LogP contribution >= 0.6 is 11.8 Å². The molecule has 1 aromatic carbocycles. The molecule has 0 amide bonds. The van der Waals surface area contributed by atoms with Gasteiger partial charge in [0, 0.05) is 36.2 Å². The van der Waals surface area contributed by atoms with E-state index in [1.807, 2.05) is 26.0 Å². The van der Waals surface area contributed by atoms with E-state index in [2.05, 4.69) is 14.8 Å². The zero-order chi connectivity index (χ0) is 20.4. The number of ether oxygens (including phenoxy) is 3. The van der Waals surface area contributed by atoms with Gasteiger partial charge >= 0.3 is 0 Å². The predicted molar refractivity (Wildman–Crippen MR) is 107 cm³/mol. The zero-order valence-electron chi connectivity index (χ0n) is 16.4. The van der Waals surface area contributed by atoms with E-state index in [0.717, 1.165) is 23.5 Å². The first kappa shape index (κ1) is 19.5. The maximum absolute atomic E-state index is 12.7. The molecule has 152 valence electrons. The Labute approximate surface area is 172 Å². The zero-order valence-corrected chi connectivity index (χ0v) is 17.2.